The molecule has 0 bridgehead atoms. The molecule has 2 heterocycles. The van der Waals surface area contributed by atoms with Crippen LogP contribution in [0.2, 0.25) is 0 Å². The molecular formula is C34H28N2O. The minimum atomic E-state index is -0.209. The van der Waals surface area contributed by atoms with Gasteiger partial charge in [-0.2, -0.15) is 0 Å². The number of hydrogen-bond acceptors (Lipinski definition) is 2. The first-order valence-corrected chi connectivity index (χ1v) is 12.8. The Morgan fingerprint density at radius 3 is 2.00 bits per heavy atom. The van der Waals surface area contributed by atoms with Crippen LogP contribution in [0.4, 0.5) is 11.4 Å². The van der Waals surface area contributed by atoms with Crippen molar-refractivity contribution >= 4 is 55.1 Å². The van der Waals surface area contributed by atoms with E-state index in [1.54, 1.807) is 0 Å². The molecule has 0 N–H and O–H groups in total. The molecule has 37 heavy (non-hydrogen) atoms. The van der Waals surface area contributed by atoms with Gasteiger partial charge in [0.1, 0.15) is 11.2 Å². The van der Waals surface area contributed by atoms with E-state index in [1.165, 1.54) is 27.5 Å². The van der Waals surface area contributed by atoms with Crippen molar-refractivity contribution in [3.05, 3.63) is 115 Å². The topological polar surface area (TPSA) is 21.3 Å². The molecule has 180 valence electrons. The third-order valence-corrected chi connectivity index (χ3v) is 7.22. The van der Waals surface area contributed by atoms with Crippen LogP contribution < -0.4 is 4.90 Å². The Kier molecular flexibility index (Phi) is 4.71. The summed E-state index contributed by atoms with van der Waals surface area (Å²) in [6.07, 6.45) is 0. The van der Waals surface area contributed by atoms with Crippen LogP contribution in [0.25, 0.3) is 49.4 Å². The molecule has 0 saturated heterocycles. The number of aromatic nitrogens is 1. The Balaban J connectivity index is 1.63. The smallest absolute Gasteiger partial charge is 0.137 e. The van der Waals surface area contributed by atoms with Crippen molar-refractivity contribution in [3.8, 4) is 5.69 Å². The number of furan rings is 1. The number of para-hydroxylation sites is 4. The average Bonchev–Trinajstić information content (AvgIpc) is 3.45. The zero-order chi connectivity index (χ0) is 25.1. The van der Waals surface area contributed by atoms with Crippen molar-refractivity contribution in [2.45, 2.75) is 26.3 Å². The molecule has 0 amide bonds. The van der Waals surface area contributed by atoms with Gasteiger partial charge < -0.3 is 13.9 Å². The SMILES string of the molecule is CC(C)(C)N(c1cccc2oc3ccccc3c12)c1cccc2c3ccccc3n(-c3ccccc3)c12. The summed E-state index contributed by atoms with van der Waals surface area (Å²) in [4.78, 5) is 2.48. The second-order valence-electron chi connectivity index (χ2n) is 10.6. The highest BCUT2D eigenvalue weighted by atomic mass is 16.3. The Morgan fingerprint density at radius 2 is 1.19 bits per heavy atom. The highest BCUT2D eigenvalue weighted by Gasteiger charge is 2.29. The van der Waals surface area contributed by atoms with Crippen molar-refractivity contribution in [1.82, 2.24) is 4.57 Å². The first kappa shape index (κ1) is 21.8. The summed E-state index contributed by atoms with van der Waals surface area (Å²) >= 11 is 0. The van der Waals surface area contributed by atoms with E-state index in [2.05, 4.69) is 139 Å². The van der Waals surface area contributed by atoms with Gasteiger partial charge in [-0.15, -0.1) is 0 Å². The lowest BCUT2D eigenvalue weighted by Crippen LogP contribution is -2.38. The molecule has 0 fully saturated rings. The van der Waals surface area contributed by atoms with Crippen molar-refractivity contribution in [2.75, 3.05) is 4.90 Å². The van der Waals surface area contributed by atoms with Crippen molar-refractivity contribution in [2.24, 2.45) is 0 Å². The van der Waals surface area contributed by atoms with Crippen LogP contribution in [0, 0.1) is 0 Å². The maximum Gasteiger partial charge on any atom is 0.137 e. The molecule has 5 aromatic carbocycles. The molecule has 0 radical (unpaired) electrons. The molecule has 0 saturated carbocycles. The maximum atomic E-state index is 6.29. The molecular weight excluding hydrogens is 452 g/mol. The monoisotopic (exact) mass is 480 g/mol. The minimum Gasteiger partial charge on any atom is -0.456 e. The summed E-state index contributed by atoms with van der Waals surface area (Å²) in [5, 5.41) is 4.78. The maximum absolute atomic E-state index is 6.29. The van der Waals surface area contributed by atoms with E-state index in [-0.39, 0.29) is 5.54 Å². The van der Waals surface area contributed by atoms with Crippen molar-refractivity contribution in [3.63, 3.8) is 0 Å². The summed E-state index contributed by atoms with van der Waals surface area (Å²) in [6, 6.07) is 40.8. The lowest BCUT2D eigenvalue weighted by molar-refractivity contribution is 0.562. The quantitative estimate of drug-likeness (QED) is 0.251. The summed E-state index contributed by atoms with van der Waals surface area (Å²) in [5.74, 6) is 0. The molecule has 0 aliphatic carbocycles. The van der Waals surface area contributed by atoms with Crippen molar-refractivity contribution in [1.29, 1.82) is 0 Å². The summed E-state index contributed by atoms with van der Waals surface area (Å²) in [5.41, 5.74) is 7.49. The normalized spacial score (nSPS) is 12.2. The average molecular weight is 481 g/mol. The Hall–Kier alpha value is -4.50. The van der Waals surface area contributed by atoms with Gasteiger partial charge in [-0.05, 0) is 63.2 Å². The van der Waals surface area contributed by atoms with Gasteiger partial charge in [0.2, 0.25) is 0 Å². The molecule has 0 aliphatic rings. The van der Waals surface area contributed by atoms with E-state index in [1.807, 2.05) is 6.07 Å². The highest BCUT2D eigenvalue weighted by Crippen LogP contribution is 2.46. The molecule has 7 rings (SSSR count). The number of hydrogen-bond donors (Lipinski definition) is 0. The van der Waals surface area contributed by atoms with E-state index in [9.17, 15) is 0 Å². The van der Waals surface area contributed by atoms with Crippen LogP contribution >= 0.6 is 0 Å². The van der Waals surface area contributed by atoms with E-state index in [0.29, 0.717) is 0 Å². The van der Waals surface area contributed by atoms with E-state index in [4.69, 9.17) is 4.42 Å². The van der Waals surface area contributed by atoms with Gasteiger partial charge in [0.25, 0.3) is 0 Å². The fourth-order valence-corrected chi connectivity index (χ4v) is 5.82. The number of nitrogens with zero attached hydrogens (tertiary/aromatic N) is 2. The van der Waals surface area contributed by atoms with E-state index >= 15 is 0 Å². The molecule has 0 aliphatic heterocycles. The molecule has 3 nitrogen and oxygen atoms in total. The van der Waals surface area contributed by atoms with Gasteiger partial charge in [0, 0.05) is 27.4 Å². The molecule has 0 unspecified atom stereocenters. The molecule has 3 heteroatoms. The predicted octanol–water partition coefficient (Wildman–Crippen LogP) is 9.62. The highest BCUT2D eigenvalue weighted by molar-refractivity contribution is 6.16. The van der Waals surface area contributed by atoms with Gasteiger partial charge in [-0.25, -0.2) is 0 Å². The van der Waals surface area contributed by atoms with Gasteiger partial charge in [-0.1, -0.05) is 72.8 Å². The predicted molar refractivity (Wildman–Crippen MR) is 156 cm³/mol. The Labute approximate surface area is 216 Å². The van der Waals surface area contributed by atoms with Gasteiger partial charge in [-0.3, -0.25) is 0 Å². The standard InChI is InChI=1S/C34H28N2O/c1-34(2,3)36(28-19-12-22-31-32(28)26-16-8-10-21-30(26)37-31)29-20-11-17-25-24-15-7-9-18-27(24)35(33(25)29)23-13-5-4-6-14-23/h4-22H,1-3H3. The number of benzene rings is 5. The summed E-state index contributed by atoms with van der Waals surface area (Å²) < 4.78 is 8.70. The van der Waals surface area contributed by atoms with Gasteiger partial charge >= 0.3 is 0 Å². The zero-order valence-corrected chi connectivity index (χ0v) is 21.3. The molecule has 0 atom stereocenters. The van der Waals surface area contributed by atoms with Crippen LogP contribution in [0.3, 0.4) is 0 Å². The van der Waals surface area contributed by atoms with Crippen LogP contribution in [0.5, 0.6) is 0 Å². The van der Waals surface area contributed by atoms with Crippen LogP contribution in [0.1, 0.15) is 20.8 Å². The zero-order valence-electron chi connectivity index (χ0n) is 21.3. The Morgan fingerprint density at radius 1 is 0.568 bits per heavy atom. The number of rotatable bonds is 3. The molecule has 2 aromatic heterocycles. The lowest BCUT2D eigenvalue weighted by atomic mass is 9.99. The first-order valence-electron chi connectivity index (χ1n) is 12.8. The molecule has 7 aromatic rings. The first-order chi connectivity index (χ1) is 18.0. The summed E-state index contributed by atoms with van der Waals surface area (Å²) in [7, 11) is 0. The lowest BCUT2D eigenvalue weighted by Gasteiger charge is -2.39. The van der Waals surface area contributed by atoms with E-state index < -0.39 is 0 Å². The third kappa shape index (κ3) is 3.27. The van der Waals surface area contributed by atoms with Gasteiger partial charge in [0.15, 0.2) is 0 Å². The fourth-order valence-electron chi connectivity index (χ4n) is 5.82. The fraction of sp³-hybridized carbons (Fsp3) is 0.118. The third-order valence-electron chi connectivity index (χ3n) is 7.22. The van der Waals surface area contributed by atoms with Crippen LogP contribution in [0.15, 0.2) is 120 Å². The van der Waals surface area contributed by atoms with E-state index in [0.717, 1.165) is 33.3 Å². The summed E-state index contributed by atoms with van der Waals surface area (Å²) in [6.45, 7) is 6.84. The second kappa shape index (κ2) is 8.01. The van der Waals surface area contributed by atoms with Crippen LogP contribution in [-0.4, -0.2) is 10.1 Å². The number of fused-ring (bicyclic) bond motifs is 6. The largest absolute Gasteiger partial charge is 0.456 e. The van der Waals surface area contributed by atoms with Crippen molar-refractivity contribution < 1.29 is 4.42 Å². The Bertz CT molecular complexity index is 1920. The second-order valence-corrected chi connectivity index (χ2v) is 10.6. The molecule has 0 spiro atoms. The van der Waals surface area contributed by atoms with Crippen LogP contribution in [-0.2, 0) is 0 Å². The van der Waals surface area contributed by atoms with Gasteiger partial charge in [0.05, 0.1) is 27.8 Å². The number of anilines is 2. The minimum absolute atomic E-state index is 0.209.